The van der Waals surface area contributed by atoms with Crippen molar-refractivity contribution in [1.29, 1.82) is 0 Å². The third-order valence-electron chi connectivity index (χ3n) is 5.34. The Morgan fingerprint density at radius 1 is 1.19 bits per heavy atom. The first kappa shape index (κ1) is 17.7. The van der Waals surface area contributed by atoms with Crippen LogP contribution in [0.15, 0.2) is 42.5 Å². The first-order valence-electron chi connectivity index (χ1n) is 9.55. The minimum atomic E-state index is 0.0555. The van der Waals surface area contributed by atoms with Crippen LogP contribution < -0.4 is 25.2 Å². The topological polar surface area (TPSA) is 30.5 Å². The van der Waals surface area contributed by atoms with Gasteiger partial charge in [0.15, 0.2) is 0 Å². The normalized spacial score (nSPS) is 16.9. The number of hydrogen-bond acceptors (Lipinski definition) is 3. The van der Waals surface area contributed by atoms with Gasteiger partial charge in [-0.3, -0.25) is 0 Å². The molecule has 0 bridgehead atoms. The zero-order valence-corrected chi connectivity index (χ0v) is 16.8. The molecule has 3 heteroatoms. The highest BCUT2D eigenvalue weighted by Gasteiger charge is 2.28. The number of benzene rings is 2. The second-order valence-corrected chi connectivity index (χ2v) is 8.01. The number of allylic oxidation sites excluding steroid dienone is 1. The van der Waals surface area contributed by atoms with E-state index in [-0.39, 0.29) is 5.54 Å². The Kier molecular flexibility index (Phi) is 4.26. The van der Waals surface area contributed by atoms with Gasteiger partial charge >= 0.3 is 0 Å². The van der Waals surface area contributed by atoms with Crippen molar-refractivity contribution in [3.63, 3.8) is 0 Å². The van der Waals surface area contributed by atoms with Crippen LogP contribution in [0.2, 0.25) is 0 Å². The molecule has 2 aromatic carbocycles. The summed E-state index contributed by atoms with van der Waals surface area (Å²) in [6.45, 7) is 8.78. The maximum absolute atomic E-state index is 6.41. The highest BCUT2D eigenvalue weighted by molar-refractivity contribution is 5.84. The summed E-state index contributed by atoms with van der Waals surface area (Å²) in [4.78, 5) is 0. The van der Waals surface area contributed by atoms with Crippen molar-refractivity contribution in [1.82, 2.24) is 0 Å². The predicted molar refractivity (Wildman–Crippen MR) is 113 cm³/mol. The standard InChI is InChI=1S/C24H27NO2/c1-6-7-9-20-23-16(22-18(26-5)10-8-11-19(22)27-20)12-13-17-21(23)15(2)14-24(3,4)25-17/h6-8,10-13,25H,9,14H2,1-5H3. The lowest BCUT2D eigenvalue weighted by atomic mass is 9.86. The third kappa shape index (κ3) is 2.91. The summed E-state index contributed by atoms with van der Waals surface area (Å²) in [5.41, 5.74) is 4.86. The van der Waals surface area contributed by atoms with Gasteiger partial charge in [-0.1, -0.05) is 29.9 Å². The molecule has 0 atom stereocenters. The average Bonchev–Trinajstić information content (AvgIpc) is 2.63. The summed E-state index contributed by atoms with van der Waals surface area (Å²) in [6, 6.07) is 10.4. The van der Waals surface area contributed by atoms with E-state index in [2.05, 4.69) is 50.4 Å². The van der Waals surface area contributed by atoms with E-state index in [0.29, 0.717) is 0 Å². The summed E-state index contributed by atoms with van der Waals surface area (Å²) in [5.74, 6) is 2.71. The molecule has 27 heavy (non-hydrogen) atoms. The Bertz CT molecular complexity index is 1060. The van der Waals surface area contributed by atoms with Gasteiger partial charge in [0.25, 0.3) is 0 Å². The Hall–Kier alpha value is -2.68. The van der Waals surface area contributed by atoms with Crippen LogP contribution in [0.25, 0.3) is 22.5 Å². The first-order chi connectivity index (χ1) is 12.9. The molecule has 1 N–H and O–H groups in total. The summed E-state index contributed by atoms with van der Waals surface area (Å²) in [6.07, 6.45) is 6.00. The number of hydrogen-bond donors (Lipinski definition) is 1. The maximum atomic E-state index is 6.41. The van der Waals surface area contributed by atoms with Crippen molar-refractivity contribution in [3.8, 4) is 22.6 Å². The quantitative estimate of drug-likeness (QED) is 0.811. The molecule has 3 nitrogen and oxygen atoms in total. The smallest absolute Gasteiger partial charge is 0.138 e. The van der Waals surface area contributed by atoms with Gasteiger partial charge in [0.2, 0.25) is 0 Å². The Morgan fingerprint density at radius 3 is 2.74 bits per heavy atom. The number of nitrogens with one attached hydrogen (secondary N) is 1. The molecule has 0 saturated heterocycles. The predicted octanol–water partition coefficient (Wildman–Crippen LogP) is 4.59. The van der Waals surface area contributed by atoms with Crippen LogP contribution in [0.4, 0.5) is 5.69 Å². The molecular formula is C24H27NO2. The molecular weight excluding hydrogens is 334 g/mol. The molecule has 4 rings (SSSR count). The Morgan fingerprint density at radius 2 is 2.00 bits per heavy atom. The van der Waals surface area contributed by atoms with Crippen molar-refractivity contribution in [3.05, 3.63) is 52.9 Å². The highest BCUT2D eigenvalue weighted by Crippen LogP contribution is 2.41. The second-order valence-electron chi connectivity index (χ2n) is 8.01. The monoisotopic (exact) mass is 361 g/mol. The molecule has 0 amide bonds. The van der Waals surface area contributed by atoms with Gasteiger partial charge in [-0.25, -0.2) is 0 Å². The van der Waals surface area contributed by atoms with E-state index in [0.717, 1.165) is 35.7 Å². The van der Waals surface area contributed by atoms with Crippen LogP contribution in [-0.4, -0.2) is 12.6 Å². The largest absolute Gasteiger partial charge is 0.496 e. The molecule has 2 aliphatic rings. The fourth-order valence-electron chi connectivity index (χ4n) is 4.39. The SMILES string of the molecule is CC=CCC1=c2c(ccc3c2=C(C)CC(C)(C)N3)-c2c(OC)cccc2O1. The molecule has 2 heterocycles. The van der Waals surface area contributed by atoms with Crippen molar-refractivity contribution >= 4 is 17.0 Å². The molecule has 0 fully saturated rings. The van der Waals surface area contributed by atoms with Crippen LogP contribution >= 0.6 is 0 Å². The van der Waals surface area contributed by atoms with Crippen LogP contribution in [0.1, 0.15) is 40.5 Å². The molecule has 0 radical (unpaired) electrons. The van der Waals surface area contributed by atoms with E-state index in [1.54, 1.807) is 7.11 Å². The number of anilines is 1. The second kappa shape index (κ2) is 6.49. The fraction of sp³-hybridized carbons (Fsp3) is 0.333. The lowest BCUT2D eigenvalue weighted by molar-refractivity contribution is 0.411. The molecule has 0 aromatic heterocycles. The third-order valence-corrected chi connectivity index (χ3v) is 5.34. The van der Waals surface area contributed by atoms with Crippen LogP contribution in [-0.2, 0) is 0 Å². The van der Waals surface area contributed by atoms with Gasteiger partial charge in [-0.2, -0.15) is 0 Å². The highest BCUT2D eigenvalue weighted by atomic mass is 16.5. The molecule has 0 spiro atoms. The Balaban J connectivity index is 2.12. The van der Waals surface area contributed by atoms with Crippen LogP contribution in [0.3, 0.4) is 0 Å². The van der Waals surface area contributed by atoms with Crippen LogP contribution in [0, 0.1) is 0 Å². The van der Waals surface area contributed by atoms with Crippen molar-refractivity contribution in [2.45, 2.75) is 46.1 Å². The van der Waals surface area contributed by atoms with E-state index < -0.39 is 0 Å². The van der Waals surface area contributed by atoms with Gasteiger partial charge in [-0.15, -0.1) is 0 Å². The molecule has 0 aliphatic carbocycles. The average molecular weight is 361 g/mol. The number of rotatable bonds is 3. The molecule has 140 valence electrons. The maximum Gasteiger partial charge on any atom is 0.138 e. The van der Waals surface area contributed by atoms with Crippen molar-refractivity contribution < 1.29 is 9.47 Å². The van der Waals surface area contributed by atoms with Gasteiger partial charge < -0.3 is 14.8 Å². The molecule has 2 aliphatic heterocycles. The minimum Gasteiger partial charge on any atom is -0.496 e. The van der Waals surface area contributed by atoms with Gasteiger partial charge in [0.05, 0.1) is 12.7 Å². The number of methoxy groups -OCH3 is 1. The van der Waals surface area contributed by atoms with Gasteiger partial charge in [-0.05, 0) is 52.3 Å². The fourth-order valence-corrected chi connectivity index (χ4v) is 4.39. The number of ether oxygens (including phenoxy) is 2. The van der Waals surface area contributed by atoms with Gasteiger partial charge in [0, 0.05) is 33.6 Å². The van der Waals surface area contributed by atoms with E-state index >= 15 is 0 Å². The van der Waals surface area contributed by atoms with E-state index in [1.165, 1.54) is 27.3 Å². The van der Waals surface area contributed by atoms with Gasteiger partial charge in [0.1, 0.15) is 17.3 Å². The molecule has 2 aromatic rings. The lowest BCUT2D eigenvalue weighted by Gasteiger charge is -2.34. The zero-order chi connectivity index (χ0) is 19.2. The summed E-state index contributed by atoms with van der Waals surface area (Å²) < 4.78 is 12.1. The summed E-state index contributed by atoms with van der Waals surface area (Å²) in [5, 5.41) is 6.18. The van der Waals surface area contributed by atoms with E-state index in [9.17, 15) is 0 Å². The first-order valence-corrected chi connectivity index (χ1v) is 9.55. The summed E-state index contributed by atoms with van der Waals surface area (Å²) >= 11 is 0. The van der Waals surface area contributed by atoms with Crippen molar-refractivity contribution in [2.75, 3.05) is 12.4 Å². The van der Waals surface area contributed by atoms with Crippen molar-refractivity contribution in [2.24, 2.45) is 0 Å². The Labute approximate surface area is 161 Å². The zero-order valence-electron chi connectivity index (χ0n) is 16.8. The minimum absolute atomic E-state index is 0.0555. The lowest BCUT2D eigenvalue weighted by Crippen LogP contribution is -2.45. The van der Waals surface area contributed by atoms with E-state index in [4.69, 9.17) is 9.47 Å². The molecule has 0 unspecified atom stereocenters. The van der Waals surface area contributed by atoms with E-state index in [1.807, 2.05) is 25.1 Å². The molecule has 0 saturated carbocycles. The number of fused-ring (bicyclic) bond motifs is 5. The van der Waals surface area contributed by atoms with Crippen LogP contribution in [0.5, 0.6) is 11.5 Å². The summed E-state index contributed by atoms with van der Waals surface area (Å²) in [7, 11) is 1.72.